The molecule has 0 atom stereocenters. The lowest BCUT2D eigenvalue weighted by atomic mass is 10.00. The van der Waals surface area contributed by atoms with Crippen LogP contribution in [0.1, 0.15) is 29.9 Å². The first-order chi connectivity index (χ1) is 8.65. The molecule has 1 N–H and O–H groups in total. The highest BCUT2D eigenvalue weighted by molar-refractivity contribution is 5.70. The van der Waals surface area contributed by atoms with Crippen molar-refractivity contribution < 1.29 is 9.50 Å². The molecule has 0 amide bonds. The molecule has 3 rings (SSSR count). The van der Waals surface area contributed by atoms with E-state index in [0.717, 1.165) is 24.0 Å². The molecule has 0 spiro atoms. The molecule has 1 aromatic carbocycles. The molecule has 18 heavy (non-hydrogen) atoms. The van der Waals surface area contributed by atoms with Crippen LogP contribution in [0.4, 0.5) is 4.39 Å². The van der Waals surface area contributed by atoms with Crippen LogP contribution >= 0.6 is 0 Å². The molecule has 2 aromatic rings. The topological polar surface area (TPSA) is 33.1 Å². The van der Waals surface area contributed by atoms with Gasteiger partial charge in [-0.3, -0.25) is 4.98 Å². The van der Waals surface area contributed by atoms with Crippen molar-refractivity contribution in [2.45, 2.75) is 25.7 Å². The number of phenols is 1. The molecular formula is C15H14FNO. The molecule has 1 aliphatic rings. The summed E-state index contributed by atoms with van der Waals surface area (Å²) in [6.07, 6.45) is 4.05. The zero-order chi connectivity index (χ0) is 12.7. The van der Waals surface area contributed by atoms with Crippen LogP contribution in [-0.2, 0) is 0 Å². The zero-order valence-electron chi connectivity index (χ0n) is 10.2. The van der Waals surface area contributed by atoms with Crippen LogP contribution in [0.3, 0.4) is 0 Å². The van der Waals surface area contributed by atoms with E-state index < -0.39 is 0 Å². The molecule has 1 fully saturated rings. The number of hydrogen-bond donors (Lipinski definition) is 1. The summed E-state index contributed by atoms with van der Waals surface area (Å²) in [5.41, 5.74) is 3.41. The Kier molecular flexibility index (Phi) is 2.54. The quantitative estimate of drug-likeness (QED) is 0.870. The van der Waals surface area contributed by atoms with Crippen molar-refractivity contribution in [3.63, 3.8) is 0 Å². The van der Waals surface area contributed by atoms with Crippen LogP contribution in [-0.4, -0.2) is 10.1 Å². The van der Waals surface area contributed by atoms with Crippen LogP contribution in [0, 0.1) is 12.7 Å². The highest BCUT2D eigenvalue weighted by atomic mass is 19.1. The van der Waals surface area contributed by atoms with Crippen molar-refractivity contribution in [2.75, 3.05) is 0 Å². The van der Waals surface area contributed by atoms with Crippen LogP contribution in [0.15, 0.2) is 30.5 Å². The lowest BCUT2D eigenvalue weighted by Crippen LogP contribution is -1.94. The minimum atomic E-state index is -0.355. The van der Waals surface area contributed by atoms with Gasteiger partial charge in [-0.15, -0.1) is 0 Å². The zero-order valence-corrected chi connectivity index (χ0v) is 10.2. The van der Waals surface area contributed by atoms with Crippen molar-refractivity contribution in [1.82, 2.24) is 4.98 Å². The van der Waals surface area contributed by atoms with E-state index in [1.807, 2.05) is 6.92 Å². The van der Waals surface area contributed by atoms with Crippen molar-refractivity contribution >= 4 is 0 Å². The summed E-state index contributed by atoms with van der Waals surface area (Å²) in [6, 6.07) is 6.07. The van der Waals surface area contributed by atoms with E-state index in [1.54, 1.807) is 6.20 Å². The van der Waals surface area contributed by atoms with Crippen LogP contribution in [0.5, 0.6) is 5.75 Å². The SMILES string of the molecule is Cc1cnc(-c2cc(F)ccc2O)c(C2CC2)c1. The van der Waals surface area contributed by atoms with Gasteiger partial charge in [0.2, 0.25) is 0 Å². The largest absolute Gasteiger partial charge is 0.507 e. The lowest BCUT2D eigenvalue weighted by Gasteiger charge is -2.10. The van der Waals surface area contributed by atoms with Gasteiger partial charge in [0.05, 0.1) is 5.69 Å². The number of nitrogens with zero attached hydrogens (tertiary/aromatic N) is 1. The van der Waals surface area contributed by atoms with Gasteiger partial charge in [-0.05, 0) is 55.0 Å². The molecule has 0 bridgehead atoms. The molecule has 0 radical (unpaired) electrons. The first kappa shape index (κ1) is 11.2. The smallest absolute Gasteiger partial charge is 0.125 e. The third-order valence-corrected chi connectivity index (χ3v) is 3.28. The van der Waals surface area contributed by atoms with Gasteiger partial charge in [-0.2, -0.15) is 0 Å². The molecule has 0 saturated heterocycles. The van der Waals surface area contributed by atoms with Gasteiger partial charge in [-0.25, -0.2) is 4.39 Å². The molecule has 1 heterocycles. The minimum Gasteiger partial charge on any atom is -0.507 e. The first-order valence-electron chi connectivity index (χ1n) is 6.10. The molecule has 1 aromatic heterocycles. The maximum absolute atomic E-state index is 13.3. The maximum Gasteiger partial charge on any atom is 0.125 e. The number of phenolic OH excluding ortho intramolecular Hbond substituents is 1. The summed E-state index contributed by atoms with van der Waals surface area (Å²) in [7, 11) is 0. The van der Waals surface area contributed by atoms with E-state index in [4.69, 9.17) is 0 Å². The van der Waals surface area contributed by atoms with Gasteiger partial charge in [-0.1, -0.05) is 6.07 Å². The molecule has 3 heteroatoms. The number of halogens is 1. The Balaban J connectivity index is 2.18. The Morgan fingerprint density at radius 1 is 1.28 bits per heavy atom. The molecule has 1 saturated carbocycles. The van der Waals surface area contributed by atoms with Crippen molar-refractivity contribution in [2.24, 2.45) is 0 Å². The van der Waals surface area contributed by atoms with E-state index in [1.165, 1.54) is 18.2 Å². The van der Waals surface area contributed by atoms with Gasteiger partial charge in [0.1, 0.15) is 11.6 Å². The second kappa shape index (κ2) is 4.09. The normalized spacial score (nSPS) is 14.8. The summed E-state index contributed by atoms with van der Waals surface area (Å²) in [5, 5.41) is 9.88. The fourth-order valence-electron chi connectivity index (χ4n) is 2.22. The van der Waals surface area contributed by atoms with Crippen molar-refractivity contribution in [3.05, 3.63) is 47.4 Å². The Labute approximate surface area is 105 Å². The van der Waals surface area contributed by atoms with Crippen molar-refractivity contribution in [1.29, 1.82) is 0 Å². The van der Waals surface area contributed by atoms with Crippen LogP contribution in [0.2, 0.25) is 0 Å². The average Bonchev–Trinajstić information content (AvgIpc) is 3.16. The second-order valence-electron chi connectivity index (χ2n) is 4.89. The van der Waals surface area contributed by atoms with E-state index >= 15 is 0 Å². The third kappa shape index (κ3) is 1.96. The van der Waals surface area contributed by atoms with Gasteiger partial charge in [0, 0.05) is 11.8 Å². The molecule has 0 unspecified atom stereocenters. The van der Waals surface area contributed by atoms with E-state index in [0.29, 0.717) is 17.2 Å². The highest BCUT2D eigenvalue weighted by Crippen LogP contribution is 2.45. The van der Waals surface area contributed by atoms with Gasteiger partial charge in [0.15, 0.2) is 0 Å². The summed E-state index contributed by atoms with van der Waals surface area (Å²) in [6.45, 7) is 1.99. The molecule has 92 valence electrons. The van der Waals surface area contributed by atoms with Crippen molar-refractivity contribution in [3.8, 4) is 17.0 Å². The standard InChI is InChI=1S/C15H14FNO/c1-9-6-12(10-2-3-10)15(17-8-9)13-7-11(16)4-5-14(13)18/h4-8,10,18H,2-3H2,1H3. The fraction of sp³-hybridized carbons (Fsp3) is 0.267. The monoisotopic (exact) mass is 243 g/mol. The van der Waals surface area contributed by atoms with Gasteiger partial charge >= 0.3 is 0 Å². The van der Waals surface area contributed by atoms with E-state index in [9.17, 15) is 9.50 Å². The lowest BCUT2D eigenvalue weighted by molar-refractivity contribution is 0.475. The Bertz CT molecular complexity index is 605. The Morgan fingerprint density at radius 3 is 2.78 bits per heavy atom. The number of benzene rings is 1. The summed E-state index contributed by atoms with van der Waals surface area (Å²) < 4.78 is 13.3. The first-order valence-corrected chi connectivity index (χ1v) is 6.10. The number of rotatable bonds is 2. The predicted molar refractivity (Wildman–Crippen MR) is 68.0 cm³/mol. The highest BCUT2D eigenvalue weighted by Gasteiger charge is 2.28. The summed E-state index contributed by atoms with van der Waals surface area (Å²) in [5.74, 6) is 0.233. The van der Waals surface area contributed by atoms with E-state index in [2.05, 4.69) is 11.1 Å². The average molecular weight is 243 g/mol. The van der Waals surface area contributed by atoms with Gasteiger partial charge in [0.25, 0.3) is 0 Å². The van der Waals surface area contributed by atoms with E-state index in [-0.39, 0.29) is 11.6 Å². The summed E-state index contributed by atoms with van der Waals surface area (Å²) >= 11 is 0. The molecule has 2 nitrogen and oxygen atoms in total. The number of pyridine rings is 1. The second-order valence-corrected chi connectivity index (χ2v) is 4.89. The number of aromatic hydroxyl groups is 1. The molecular weight excluding hydrogens is 229 g/mol. The Morgan fingerprint density at radius 2 is 2.06 bits per heavy atom. The Hall–Kier alpha value is -1.90. The summed E-state index contributed by atoms with van der Waals surface area (Å²) in [4.78, 5) is 4.38. The predicted octanol–water partition coefficient (Wildman–Crippen LogP) is 3.78. The fourth-order valence-corrected chi connectivity index (χ4v) is 2.22. The molecule has 0 aliphatic heterocycles. The van der Waals surface area contributed by atoms with Crippen LogP contribution in [0.25, 0.3) is 11.3 Å². The third-order valence-electron chi connectivity index (χ3n) is 3.28. The number of aryl methyl sites for hydroxylation is 1. The number of aromatic nitrogens is 1. The molecule has 1 aliphatic carbocycles. The van der Waals surface area contributed by atoms with Gasteiger partial charge < -0.3 is 5.11 Å². The maximum atomic E-state index is 13.3. The minimum absolute atomic E-state index is 0.0784. The van der Waals surface area contributed by atoms with Crippen LogP contribution < -0.4 is 0 Å². The number of hydrogen-bond acceptors (Lipinski definition) is 2.